The van der Waals surface area contributed by atoms with E-state index in [0.717, 1.165) is 6.42 Å². The number of allylic oxidation sites excluding steroid dienone is 1. The third-order valence-corrected chi connectivity index (χ3v) is 2.31. The molecule has 0 aliphatic heterocycles. The van der Waals surface area contributed by atoms with Crippen molar-refractivity contribution in [1.82, 2.24) is 10.6 Å². The van der Waals surface area contributed by atoms with E-state index in [2.05, 4.69) is 10.6 Å². The van der Waals surface area contributed by atoms with Gasteiger partial charge in [0, 0.05) is 18.7 Å². The Bertz CT molecular complexity index is 421. The van der Waals surface area contributed by atoms with Crippen LogP contribution in [0.2, 0.25) is 0 Å². The molecule has 0 saturated carbocycles. The van der Waals surface area contributed by atoms with Crippen molar-refractivity contribution in [2.24, 2.45) is 0 Å². The lowest BCUT2D eigenvalue weighted by atomic mass is 10.2. The van der Waals surface area contributed by atoms with Crippen molar-refractivity contribution in [3.05, 3.63) is 35.8 Å². The van der Waals surface area contributed by atoms with Gasteiger partial charge >= 0.3 is 0 Å². The SMILES string of the molecule is CC/C=C(\C)C(=O)NCCNC(=O)c1ccco1. The molecule has 5 nitrogen and oxygen atoms in total. The summed E-state index contributed by atoms with van der Waals surface area (Å²) in [5, 5.41) is 5.36. The van der Waals surface area contributed by atoms with Crippen LogP contribution in [0.3, 0.4) is 0 Å². The summed E-state index contributed by atoms with van der Waals surface area (Å²) >= 11 is 0. The van der Waals surface area contributed by atoms with E-state index >= 15 is 0 Å². The first-order chi connectivity index (χ1) is 8.65. The van der Waals surface area contributed by atoms with Gasteiger partial charge in [-0.15, -0.1) is 0 Å². The maximum absolute atomic E-state index is 11.5. The summed E-state index contributed by atoms with van der Waals surface area (Å²) < 4.78 is 4.94. The molecule has 1 rings (SSSR count). The third-order valence-electron chi connectivity index (χ3n) is 2.31. The van der Waals surface area contributed by atoms with Crippen molar-refractivity contribution < 1.29 is 14.0 Å². The van der Waals surface area contributed by atoms with Gasteiger partial charge in [0.2, 0.25) is 5.91 Å². The van der Waals surface area contributed by atoms with Gasteiger partial charge in [0.1, 0.15) is 0 Å². The van der Waals surface area contributed by atoms with Gasteiger partial charge in [0.25, 0.3) is 5.91 Å². The first-order valence-corrected chi connectivity index (χ1v) is 5.91. The normalized spacial score (nSPS) is 11.1. The molecular formula is C13H18N2O3. The predicted octanol–water partition coefficient (Wildman–Crippen LogP) is 1.48. The zero-order valence-electron chi connectivity index (χ0n) is 10.7. The highest BCUT2D eigenvalue weighted by molar-refractivity contribution is 5.93. The van der Waals surface area contributed by atoms with Crippen LogP contribution >= 0.6 is 0 Å². The lowest BCUT2D eigenvalue weighted by Crippen LogP contribution is -2.34. The van der Waals surface area contributed by atoms with E-state index in [1.165, 1.54) is 6.26 Å². The Labute approximate surface area is 106 Å². The van der Waals surface area contributed by atoms with E-state index in [1.54, 1.807) is 19.1 Å². The first kappa shape index (κ1) is 14.0. The summed E-state index contributed by atoms with van der Waals surface area (Å²) in [6.45, 7) is 4.49. The van der Waals surface area contributed by atoms with Crippen LogP contribution in [0.15, 0.2) is 34.5 Å². The molecule has 1 heterocycles. The summed E-state index contributed by atoms with van der Waals surface area (Å²) in [5.41, 5.74) is 0.690. The largest absolute Gasteiger partial charge is 0.459 e. The molecular weight excluding hydrogens is 232 g/mol. The monoisotopic (exact) mass is 250 g/mol. The van der Waals surface area contributed by atoms with Gasteiger partial charge in [-0.2, -0.15) is 0 Å². The van der Waals surface area contributed by atoms with Crippen molar-refractivity contribution in [2.45, 2.75) is 20.3 Å². The lowest BCUT2D eigenvalue weighted by molar-refractivity contribution is -0.117. The molecule has 2 amide bonds. The van der Waals surface area contributed by atoms with E-state index in [0.29, 0.717) is 18.7 Å². The predicted molar refractivity (Wildman–Crippen MR) is 68.1 cm³/mol. The van der Waals surface area contributed by atoms with Crippen LogP contribution in [0.4, 0.5) is 0 Å². The Morgan fingerprint density at radius 3 is 2.67 bits per heavy atom. The first-order valence-electron chi connectivity index (χ1n) is 5.91. The average Bonchev–Trinajstić information content (AvgIpc) is 2.88. The number of hydrogen-bond acceptors (Lipinski definition) is 3. The van der Waals surface area contributed by atoms with Gasteiger partial charge in [-0.25, -0.2) is 0 Å². The quantitative estimate of drug-likeness (QED) is 0.593. The molecule has 0 aliphatic carbocycles. The molecule has 0 saturated heterocycles. The van der Waals surface area contributed by atoms with E-state index < -0.39 is 0 Å². The molecule has 0 aliphatic rings. The minimum Gasteiger partial charge on any atom is -0.459 e. The molecule has 2 N–H and O–H groups in total. The highest BCUT2D eigenvalue weighted by Gasteiger charge is 2.07. The minimum absolute atomic E-state index is 0.107. The lowest BCUT2D eigenvalue weighted by Gasteiger charge is -2.06. The zero-order valence-corrected chi connectivity index (χ0v) is 10.7. The van der Waals surface area contributed by atoms with Crippen LogP contribution in [-0.4, -0.2) is 24.9 Å². The maximum atomic E-state index is 11.5. The standard InChI is InChI=1S/C13H18N2O3/c1-3-5-10(2)12(16)14-7-8-15-13(17)11-6-4-9-18-11/h4-6,9H,3,7-8H2,1-2H3,(H,14,16)(H,15,17)/b10-5+. The molecule has 1 aromatic heterocycles. The molecule has 0 unspecified atom stereocenters. The summed E-state index contributed by atoms with van der Waals surface area (Å²) in [4.78, 5) is 23.0. The topological polar surface area (TPSA) is 71.3 Å². The van der Waals surface area contributed by atoms with E-state index in [9.17, 15) is 9.59 Å². The van der Waals surface area contributed by atoms with E-state index in [1.807, 2.05) is 13.0 Å². The molecule has 1 aromatic rings. The average molecular weight is 250 g/mol. The maximum Gasteiger partial charge on any atom is 0.287 e. The van der Waals surface area contributed by atoms with Crippen LogP contribution in [0.5, 0.6) is 0 Å². The Morgan fingerprint density at radius 1 is 1.33 bits per heavy atom. The smallest absolute Gasteiger partial charge is 0.287 e. The van der Waals surface area contributed by atoms with Crippen molar-refractivity contribution in [2.75, 3.05) is 13.1 Å². The molecule has 0 fully saturated rings. The summed E-state index contributed by atoms with van der Waals surface area (Å²) in [6.07, 6.45) is 4.13. The Hall–Kier alpha value is -2.04. The second-order valence-corrected chi connectivity index (χ2v) is 3.78. The summed E-state index contributed by atoms with van der Waals surface area (Å²) in [6, 6.07) is 3.23. The summed E-state index contributed by atoms with van der Waals surface area (Å²) in [7, 11) is 0. The molecule has 18 heavy (non-hydrogen) atoms. The van der Waals surface area contributed by atoms with Gasteiger partial charge in [-0.3, -0.25) is 9.59 Å². The van der Waals surface area contributed by atoms with Crippen molar-refractivity contribution in [1.29, 1.82) is 0 Å². The highest BCUT2D eigenvalue weighted by atomic mass is 16.3. The molecule has 0 aromatic carbocycles. The molecule has 98 valence electrons. The van der Waals surface area contributed by atoms with Crippen LogP contribution in [0.1, 0.15) is 30.8 Å². The van der Waals surface area contributed by atoms with Gasteiger partial charge in [-0.1, -0.05) is 13.0 Å². The Morgan fingerprint density at radius 2 is 2.06 bits per heavy atom. The Balaban J connectivity index is 2.21. The van der Waals surface area contributed by atoms with Crippen LogP contribution in [-0.2, 0) is 4.79 Å². The zero-order chi connectivity index (χ0) is 13.4. The molecule has 0 bridgehead atoms. The number of carbonyl (C=O) groups excluding carboxylic acids is 2. The fourth-order valence-corrected chi connectivity index (χ4v) is 1.39. The molecule has 0 spiro atoms. The van der Waals surface area contributed by atoms with Gasteiger partial charge in [-0.05, 0) is 25.5 Å². The fourth-order valence-electron chi connectivity index (χ4n) is 1.39. The Kier molecular flexibility index (Phi) is 5.70. The number of furan rings is 1. The number of carbonyl (C=O) groups is 2. The van der Waals surface area contributed by atoms with Gasteiger partial charge in [0.15, 0.2) is 5.76 Å². The fraction of sp³-hybridized carbons (Fsp3) is 0.385. The van der Waals surface area contributed by atoms with Crippen LogP contribution in [0.25, 0.3) is 0 Å². The van der Waals surface area contributed by atoms with Crippen LogP contribution in [0, 0.1) is 0 Å². The van der Waals surface area contributed by atoms with Crippen LogP contribution < -0.4 is 10.6 Å². The van der Waals surface area contributed by atoms with E-state index in [-0.39, 0.29) is 17.6 Å². The summed E-state index contributed by atoms with van der Waals surface area (Å²) in [5.74, 6) is -0.123. The number of nitrogens with one attached hydrogen (secondary N) is 2. The number of rotatable bonds is 6. The van der Waals surface area contributed by atoms with E-state index in [4.69, 9.17) is 4.42 Å². The molecule has 5 heteroatoms. The molecule has 0 atom stereocenters. The van der Waals surface area contributed by atoms with Crippen molar-refractivity contribution in [3.8, 4) is 0 Å². The van der Waals surface area contributed by atoms with Gasteiger partial charge in [0.05, 0.1) is 6.26 Å². The van der Waals surface area contributed by atoms with Crippen molar-refractivity contribution >= 4 is 11.8 Å². The second-order valence-electron chi connectivity index (χ2n) is 3.78. The highest BCUT2D eigenvalue weighted by Crippen LogP contribution is 1.98. The minimum atomic E-state index is -0.282. The number of hydrogen-bond donors (Lipinski definition) is 2. The van der Waals surface area contributed by atoms with Gasteiger partial charge < -0.3 is 15.1 Å². The van der Waals surface area contributed by atoms with Crippen molar-refractivity contribution in [3.63, 3.8) is 0 Å². The molecule has 0 radical (unpaired) electrons. The second kappa shape index (κ2) is 7.32. The third kappa shape index (κ3) is 4.45. The number of amides is 2.